The van der Waals surface area contributed by atoms with Gasteiger partial charge in [-0.2, -0.15) is 13.2 Å². The number of carbonyl (C=O) groups is 2. The average Bonchev–Trinajstić information content (AvgIpc) is 2.86. The van der Waals surface area contributed by atoms with Gasteiger partial charge in [0, 0.05) is 20.1 Å². The van der Waals surface area contributed by atoms with Crippen molar-refractivity contribution in [3.63, 3.8) is 0 Å². The summed E-state index contributed by atoms with van der Waals surface area (Å²) in [6.45, 7) is 1.12. The molecule has 0 aromatic carbocycles. The molecule has 5 nitrogen and oxygen atoms in total. The number of carbonyl (C=O) groups excluding carboxylic acids is 2. The van der Waals surface area contributed by atoms with Gasteiger partial charge in [0.1, 0.15) is 0 Å². The number of methoxy groups -OCH3 is 1. The van der Waals surface area contributed by atoms with Gasteiger partial charge in [-0.05, 0) is 13.0 Å². The number of hydrogen-bond acceptors (Lipinski definition) is 4. The number of esters is 1. The van der Waals surface area contributed by atoms with Gasteiger partial charge in [0.05, 0.1) is 13.0 Å². The van der Waals surface area contributed by atoms with Crippen LogP contribution in [0.15, 0.2) is 0 Å². The van der Waals surface area contributed by atoms with Crippen molar-refractivity contribution in [2.75, 3.05) is 33.8 Å². The predicted molar refractivity (Wildman–Crippen MR) is 64.8 cm³/mol. The Hall–Kier alpha value is -1.31. The van der Waals surface area contributed by atoms with E-state index in [0.717, 1.165) is 4.90 Å². The van der Waals surface area contributed by atoms with Crippen LogP contribution in [0, 0.1) is 11.3 Å². The molecule has 0 aliphatic carbocycles. The maximum absolute atomic E-state index is 13.2. The minimum Gasteiger partial charge on any atom is -0.469 e. The Kier molecular flexibility index (Phi) is 5.01. The number of hydrogen-bond donors (Lipinski definition) is 1. The second-order valence-corrected chi connectivity index (χ2v) is 5.12. The summed E-state index contributed by atoms with van der Waals surface area (Å²) in [6, 6.07) is 0. The van der Waals surface area contributed by atoms with E-state index in [9.17, 15) is 22.8 Å². The topological polar surface area (TPSA) is 58.6 Å². The largest absolute Gasteiger partial charge is 0.469 e. The summed E-state index contributed by atoms with van der Waals surface area (Å²) in [5.41, 5.74) is -2.39. The van der Waals surface area contributed by atoms with Gasteiger partial charge in [-0.25, -0.2) is 0 Å². The minimum atomic E-state index is -4.61. The molecule has 1 saturated heterocycles. The molecule has 20 heavy (non-hydrogen) atoms. The lowest BCUT2D eigenvalue weighted by Crippen LogP contribution is -2.53. The quantitative estimate of drug-likeness (QED) is 0.780. The molecule has 1 fully saturated rings. The normalized spacial score (nSPS) is 24.3. The number of nitrogens with one attached hydrogen (secondary N) is 1. The molecule has 0 radical (unpaired) electrons. The van der Waals surface area contributed by atoms with Crippen LogP contribution < -0.4 is 5.32 Å². The van der Waals surface area contributed by atoms with Crippen molar-refractivity contribution < 1.29 is 27.5 Å². The molecule has 1 N–H and O–H groups in total. The van der Waals surface area contributed by atoms with Gasteiger partial charge in [0.25, 0.3) is 0 Å². The number of nitrogens with zero attached hydrogens (tertiary/aromatic N) is 1. The second kappa shape index (κ2) is 5.99. The Morgan fingerprint density at radius 2 is 2.05 bits per heavy atom. The highest BCUT2D eigenvalue weighted by Gasteiger charge is 2.62. The Morgan fingerprint density at radius 3 is 2.45 bits per heavy atom. The summed E-state index contributed by atoms with van der Waals surface area (Å²) in [5.74, 6) is -2.24. The lowest BCUT2D eigenvalue weighted by atomic mass is 9.84. The lowest BCUT2D eigenvalue weighted by Gasteiger charge is -2.34. The summed E-state index contributed by atoms with van der Waals surface area (Å²) in [6.07, 6.45) is -4.90. The van der Waals surface area contributed by atoms with E-state index in [4.69, 9.17) is 0 Å². The molecule has 116 valence electrons. The molecule has 0 aromatic rings. The van der Waals surface area contributed by atoms with Gasteiger partial charge < -0.3 is 15.0 Å². The molecular formula is C12H19F3N2O3. The van der Waals surface area contributed by atoms with Gasteiger partial charge in [0.2, 0.25) is 5.91 Å². The van der Waals surface area contributed by atoms with E-state index in [2.05, 4.69) is 10.1 Å². The number of alkyl halides is 3. The van der Waals surface area contributed by atoms with Crippen LogP contribution in [0.2, 0.25) is 0 Å². The molecule has 0 bridgehead atoms. The van der Waals surface area contributed by atoms with Crippen molar-refractivity contribution in [1.29, 1.82) is 0 Å². The van der Waals surface area contributed by atoms with Crippen LogP contribution in [-0.2, 0) is 14.3 Å². The van der Waals surface area contributed by atoms with E-state index in [1.807, 2.05) is 0 Å². The van der Waals surface area contributed by atoms with E-state index in [-0.39, 0.29) is 19.5 Å². The molecule has 1 amide bonds. The summed E-state index contributed by atoms with van der Waals surface area (Å²) in [7, 11) is 2.46. The molecule has 1 aliphatic heterocycles. The SMILES string of the molecule is COC(=O)C(C)CN(C)C(=O)C1(C(F)(F)F)CCNC1. The monoisotopic (exact) mass is 296 g/mol. The van der Waals surface area contributed by atoms with Crippen LogP contribution >= 0.6 is 0 Å². The maximum atomic E-state index is 13.2. The highest BCUT2D eigenvalue weighted by Crippen LogP contribution is 2.44. The molecular weight excluding hydrogens is 277 g/mol. The van der Waals surface area contributed by atoms with Crippen molar-refractivity contribution >= 4 is 11.9 Å². The third kappa shape index (κ3) is 3.05. The van der Waals surface area contributed by atoms with Crippen molar-refractivity contribution in [1.82, 2.24) is 10.2 Å². The van der Waals surface area contributed by atoms with E-state index in [0.29, 0.717) is 0 Å². The predicted octanol–water partition coefficient (Wildman–Crippen LogP) is 0.796. The van der Waals surface area contributed by atoms with Crippen molar-refractivity contribution in [2.24, 2.45) is 11.3 Å². The zero-order chi connectivity index (χ0) is 15.6. The van der Waals surface area contributed by atoms with Crippen molar-refractivity contribution in [3.05, 3.63) is 0 Å². The number of rotatable bonds is 4. The Bertz CT molecular complexity index is 379. The second-order valence-electron chi connectivity index (χ2n) is 5.12. The fourth-order valence-corrected chi connectivity index (χ4v) is 2.37. The van der Waals surface area contributed by atoms with Crippen LogP contribution in [0.1, 0.15) is 13.3 Å². The molecule has 2 atom stereocenters. The maximum Gasteiger partial charge on any atom is 0.404 e. The van der Waals surface area contributed by atoms with Gasteiger partial charge in [-0.3, -0.25) is 9.59 Å². The first-order chi connectivity index (χ1) is 9.15. The zero-order valence-electron chi connectivity index (χ0n) is 11.7. The van der Waals surface area contributed by atoms with E-state index < -0.39 is 35.9 Å². The van der Waals surface area contributed by atoms with E-state index in [1.54, 1.807) is 0 Å². The highest BCUT2D eigenvalue weighted by atomic mass is 19.4. The molecule has 0 aromatic heterocycles. The Labute approximate surface area is 115 Å². The highest BCUT2D eigenvalue weighted by molar-refractivity contribution is 5.84. The standard InChI is InChI=1S/C12H19F3N2O3/c1-8(9(18)20-3)6-17(2)10(19)11(12(13,14)15)4-5-16-7-11/h8,16H,4-7H2,1-3H3. The molecule has 0 spiro atoms. The van der Waals surface area contributed by atoms with E-state index >= 15 is 0 Å². The number of amides is 1. The summed E-state index contributed by atoms with van der Waals surface area (Å²) >= 11 is 0. The average molecular weight is 296 g/mol. The first-order valence-corrected chi connectivity index (χ1v) is 6.26. The fraction of sp³-hybridized carbons (Fsp3) is 0.833. The van der Waals surface area contributed by atoms with Crippen molar-refractivity contribution in [2.45, 2.75) is 19.5 Å². The summed E-state index contributed by atoms with van der Waals surface area (Å²) in [5, 5.41) is 2.58. The third-order valence-electron chi connectivity index (χ3n) is 3.61. The summed E-state index contributed by atoms with van der Waals surface area (Å²) < 4.78 is 44.1. The van der Waals surface area contributed by atoms with Crippen LogP contribution in [0.4, 0.5) is 13.2 Å². The molecule has 1 heterocycles. The summed E-state index contributed by atoms with van der Waals surface area (Å²) in [4.78, 5) is 24.4. The zero-order valence-corrected chi connectivity index (χ0v) is 11.7. The molecule has 1 rings (SSSR count). The molecule has 1 aliphatic rings. The van der Waals surface area contributed by atoms with Gasteiger partial charge >= 0.3 is 12.1 Å². The number of halogens is 3. The fourth-order valence-electron chi connectivity index (χ4n) is 2.37. The van der Waals surface area contributed by atoms with Gasteiger partial charge in [0.15, 0.2) is 5.41 Å². The molecule has 2 unspecified atom stereocenters. The van der Waals surface area contributed by atoms with Gasteiger partial charge in [-0.15, -0.1) is 0 Å². The Balaban J connectivity index is 2.84. The van der Waals surface area contributed by atoms with E-state index in [1.165, 1.54) is 21.1 Å². The van der Waals surface area contributed by atoms with Crippen LogP contribution in [0.25, 0.3) is 0 Å². The van der Waals surface area contributed by atoms with Gasteiger partial charge in [-0.1, -0.05) is 6.92 Å². The van der Waals surface area contributed by atoms with Crippen LogP contribution in [0.5, 0.6) is 0 Å². The molecule has 8 heteroatoms. The lowest BCUT2D eigenvalue weighted by molar-refractivity contribution is -0.221. The number of ether oxygens (including phenoxy) is 1. The van der Waals surface area contributed by atoms with Crippen molar-refractivity contribution in [3.8, 4) is 0 Å². The van der Waals surface area contributed by atoms with Crippen LogP contribution in [0.3, 0.4) is 0 Å². The smallest absolute Gasteiger partial charge is 0.404 e. The first kappa shape index (κ1) is 16.7. The minimum absolute atomic E-state index is 0.108. The first-order valence-electron chi connectivity index (χ1n) is 6.26. The Morgan fingerprint density at radius 1 is 1.45 bits per heavy atom. The molecule has 0 saturated carbocycles. The third-order valence-corrected chi connectivity index (χ3v) is 3.61. The van der Waals surface area contributed by atoms with Crippen LogP contribution in [-0.4, -0.2) is 56.7 Å².